The van der Waals surface area contributed by atoms with Crippen LogP contribution in [-0.4, -0.2) is 29.4 Å². The van der Waals surface area contributed by atoms with Crippen LogP contribution in [0.4, 0.5) is 0 Å². The van der Waals surface area contributed by atoms with Gasteiger partial charge in [-0.15, -0.1) is 0 Å². The van der Waals surface area contributed by atoms with E-state index < -0.39 is 0 Å². The first-order valence-electron chi connectivity index (χ1n) is 7.58. The van der Waals surface area contributed by atoms with Crippen molar-refractivity contribution in [1.29, 1.82) is 0 Å². The van der Waals surface area contributed by atoms with Crippen molar-refractivity contribution in [2.45, 2.75) is 65.0 Å². The summed E-state index contributed by atoms with van der Waals surface area (Å²) in [6.45, 7) is 7.57. The van der Waals surface area contributed by atoms with E-state index in [0.717, 1.165) is 32.2 Å². The molecule has 0 aromatic rings. The van der Waals surface area contributed by atoms with Crippen LogP contribution in [0.5, 0.6) is 0 Å². The van der Waals surface area contributed by atoms with Crippen molar-refractivity contribution in [3.63, 3.8) is 0 Å². The van der Waals surface area contributed by atoms with E-state index in [9.17, 15) is 4.79 Å². The topological polar surface area (TPSA) is 46.3 Å². The van der Waals surface area contributed by atoms with Gasteiger partial charge < -0.3 is 10.6 Å². The number of amides is 1. The summed E-state index contributed by atoms with van der Waals surface area (Å²) in [4.78, 5) is 14.9. The van der Waals surface area contributed by atoms with Crippen LogP contribution >= 0.6 is 0 Å². The minimum Gasteiger partial charge on any atom is -0.339 e. The molecule has 0 radical (unpaired) electrons. The van der Waals surface area contributed by atoms with E-state index >= 15 is 0 Å². The average Bonchev–Trinajstić information content (AvgIpc) is 2.35. The van der Waals surface area contributed by atoms with Gasteiger partial charge in [0.2, 0.25) is 5.91 Å². The predicted octanol–water partition coefficient (Wildman–Crippen LogP) is 2.40. The van der Waals surface area contributed by atoms with Crippen molar-refractivity contribution in [3.05, 3.63) is 0 Å². The molecule has 0 bridgehead atoms. The lowest BCUT2D eigenvalue weighted by molar-refractivity contribution is -0.143. The van der Waals surface area contributed by atoms with Gasteiger partial charge in [0.25, 0.3) is 0 Å². The summed E-state index contributed by atoms with van der Waals surface area (Å²) in [5.41, 5.74) is 6.13. The zero-order chi connectivity index (χ0) is 13.3. The molecular weight excluding hydrogens is 224 g/mol. The van der Waals surface area contributed by atoms with Gasteiger partial charge in [0.1, 0.15) is 0 Å². The van der Waals surface area contributed by atoms with E-state index in [1.807, 2.05) is 0 Å². The molecule has 18 heavy (non-hydrogen) atoms. The zero-order valence-electron chi connectivity index (χ0n) is 12.1. The molecule has 0 aromatic heterocycles. The van der Waals surface area contributed by atoms with Crippen molar-refractivity contribution in [3.8, 4) is 0 Å². The quantitative estimate of drug-likeness (QED) is 0.779. The van der Waals surface area contributed by atoms with Gasteiger partial charge in [-0.25, -0.2) is 0 Å². The highest BCUT2D eigenvalue weighted by Crippen LogP contribution is 2.33. The summed E-state index contributed by atoms with van der Waals surface area (Å²) >= 11 is 0. The highest BCUT2D eigenvalue weighted by molar-refractivity contribution is 5.79. The molecule has 2 fully saturated rings. The molecule has 0 spiro atoms. The number of nitrogens with zero attached hydrogens (tertiary/aromatic N) is 1. The maximum Gasteiger partial charge on any atom is 0.226 e. The molecule has 5 unspecified atom stereocenters. The Morgan fingerprint density at radius 3 is 2.56 bits per heavy atom. The summed E-state index contributed by atoms with van der Waals surface area (Å²) < 4.78 is 0. The van der Waals surface area contributed by atoms with E-state index in [2.05, 4.69) is 25.7 Å². The zero-order valence-corrected chi connectivity index (χ0v) is 12.1. The number of hydrogen-bond acceptors (Lipinski definition) is 2. The fourth-order valence-corrected chi connectivity index (χ4v) is 3.61. The number of carbonyl (C=O) groups excluding carboxylic acids is 1. The second-order valence-corrected chi connectivity index (χ2v) is 6.45. The third kappa shape index (κ3) is 2.56. The number of piperidine rings is 1. The molecule has 3 heteroatoms. The van der Waals surface area contributed by atoms with Crippen LogP contribution in [0.2, 0.25) is 0 Å². The Balaban J connectivity index is 2.05. The summed E-state index contributed by atoms with van der Waals surface area (Å²) in [7, 11) is 0. The normalized spacial score (nSPS) is 41.8. The lowest BCUT2D eigenvalue weighted by atomic mass is 9.76. The first kappa shape index (κ1) is 13.9. The predicted molar refractivity (Wildman–Crippen MR) is 74.1 cm³/mol. The number of carbonyl (C=O) groups is 1. The van der Waals surface area contributed by atoms with Gasteiger partial charge in [-0.3, -0.25) is 4.79 Å². The molecule has 2 N–H and O–H groups in total. The molecule has 2 aliphatic rings. The molecule has 2 rings (SSSR count). The third-order valence-electron chi connectivity index (χ3n) is 5.34. The third-order valence-corrected chi connectivity index (χ3v) is 5.34. The standard InChI is InChI=1S/C15H28N2O/c1-10-6-5-9-17(12(10)3)15(18)13-7-4-8-14(16)11(13)2/h10-14H,4-9,16H2,1-3H3. The van der Waals surface area contributed by atoms with Gasteiger partial charge in [-0.05, 0) is 44.4 Å². The Morgan fingerprint density at radius 2 is 1.83 bits per heavy atom. The fourth-order valence-electron chi connectivity index (χ4n) is 3.61. The van der Waals surface area contributed by atoms with Gasteiger partial charge in [-0.1, -0.05) is 20.3 Å². The van der Waals surface area contributed by atoms with Crippen molar-refractivity contribution >= 4 is 5.91 Å². The summed E-state index contributed by atoms with van der Waals surface area (Å²) in [5.74, 6) is 1.52. The number of likely N-dealkylation sites (tertiary alicyclic amines) is 1. The first-order valence-corrected chi connectivity index (χ1v) is 7.58. The van der Waals surface area contributed by atoms with Gasteiger partial charge in [0.05, 0.1) is 0 Å². The number of hydrogen-bond donors (Lipinski definition) is 1. The molecule has 1 saturated heterocycles. The summed E-state index contributed by atoms with van der Waals surface area (Å²) in [6.07, 6.45) is 5.64. The van der Waals surface area contributed by atoms with Crippen molar-refractivity contribution in [1.82, 2.24) is 4.90 Å². The molecule has 1 saturated carbocycles. The lowest BCUT2D eigenvalue weighted by Crippen LogP contribution is -2.52. The number of nitrogens with two attached hydrogens (primary N) is 1. The maximum atomic E-state index is 12.7. The highest BCUT2D eigenvalue weighted by Gasteiger charge is 2.38. The SMILES string of the molecule is CC1CCCN(C(=O)C2CCCC(N)C2C)C1C. The molecular formula is C15H28N2O. The summed E-state index contributed by atoms with van der Waals surface area (Å²) in [6, 6.07) is 0.613. The Kier molecular flexibility index (Phi) is 4.31. The molecule has 3 nitrogen and oxygen atoms in total. The Hall–Kier alpha value is -0.570. The molecule has 0 aromatic carbocycles. The molecule has 104 valence electrons. The Labute approximate surface area is 111 Å². The molecule has 1 aliphatic carbocycles. The van der Waals surface area contributed by atoms with E-state index in [1.165, 1.54) is 6.42 Å². The minimum atomic E-state index is 0.168. The van der Waals surface area contributed by atoms with Crippen molar-refractivity contribution in [2.24, 2.45) is 23.5 Å². The smallest absolute Gasteiger partial charge is 0.226 e. The van der Waals surface area contributed by atoms with Crippen LogP contribution in [0, 0.1) is 17.8 Å². The lowest BCUT2D eigenvalue weighted by Gasteiger charge is -2.42. The van der Waals surface area contributed by atoms with E-state index in [0.29, 0.717) is 23.8 Å². The molecule has 1 heterocycles. The average molecular weight is 252 g/mol. The molecule has 1 amide bonds. The van der Waals surface area contributed by atoms with Crippen LogP contribution in [0.3, 0.4) is 0 Å². The van der Waals surface area contributed by atoms with Crippen LogP contribution in [-0.2, 0) is 4.79 Å². The largest absolute Gasteiger partial charge is 0.339 e. The van der Waals surface area contributed by atoms with E-state index in [1.54, 1.807) is 0 Å². The van der Waals surface area contributed by atoms with Gasteiger partial charge in [-0.2, -0.15) is 0 Å². The van der Waals surface area contributed by atoms with E-state index in [4.69, 9.17) is 5.73 Å². The van der Waals surface area contributed by atoms with Crippen molar-refractivity contribution < 1.29 is 4.79 Å². The number of rotatable bonds is 1. The van der Waals surface area contributed by atoms with Crippen LogP contribution in [0.1, 0.15) is 52.9 Å². The van der Waals surface area contributed by atoms with Crippen LogP contribution in [0.25, 0.3) is 0 Å². The Bertz CT molecular complexity index is 277. The first-order chi connectivity index (χ1) is 8.52. The highest BCUT2D eigenvalue weighted by atomic mass is 16.2. The minimum absolute atomic E-state index is 0.168. The Morgan fingerprint density at radius 1 is 1.11 bits per heavy atom. The van der Waals surface area contributed by atoms with Gasteiger partial charge in [0, 0.05) is 24.5 Å². The summed E-state index contributed by atoms with van der Waals surface area (Å²) in [5, 5.41) is 0. The van der Waals surface area contributed by atoms with Gasteiger partial charge >= 0.3 is 0 Å². The van der Waals surface area contributed by atoms with Gasteiger partial charge in [0.15, 0.2) is 0 Å². The molecule has 1 aliphatic heterocycles. The van der Waals surface area contributed by atoms with Crippen LogP contribution in [0.15, 0.2) is 0 Å². The maximum absolute atomic E-state index is 12.7. The molecule has 5 atom stereocenters. The monoisotopic (exact) mass is 252 g/mol. The second kappa shape index (κ2) is 5.60. The second-order valence-electron chi connectivity index (χ2n) is 6.45. The van der Waals surface area contributed by atoms with Crippen molar-refractivity contribution in [2.75, 3.05) is 6.54 Å². The fraction of sp³-hybridized carbons (Fsp3) is 0.933. The van der Waals surface area contributed by atoms with E-state index in [-0.39, 0.29) is 12.0 Å². The van der Waals surface area contributed by atoms with Crippen LogP contribution < -0.4 is 5.73 Å².